The van der Waals surface area contributed by atoms with E-state index in [1.54, 1.807) is 0 Å². The molecular weight excluding hydrogens is 338 g/mol. The minimum atomic E-state index is 0.763. The minimum absolute atomic E-state index is 0.763. The predicted molar refractivity (Wildman–Crippen MR) is 118 cm³/mol. The Labute approximate surface area is 167 Å². The highest BCUT2D eigenvalue weighted by Gasteiger charge is 2.15. The summed E-state index contributed by atoms with van der Waals surface area (Å²) in [7, 11) is 0. The molecule has 4 aromatic rings. The van der Waals surface area contributed by atoms with Gasteiger partial charge in [-0.05, 0) is 53.0 Å². The van der Waals surface area contributed by atoms with Crippen molar-refractivity contribution in [3.05, 3.63) is 90.6 Å². The number of hydrogen-bond donors (Lipinski definition) is 0. The van der Waals surface area contributed by atoms with Gasteiger partial charge in [0, 0.05) is 17.1 Å². The Bertz CT molecular complexity index is 1070. The van der Waals surface area contributed by atoms with Crippen LogP contribution in [0.1, 0.15) is 43.6 Å². The monoisotopic (exact) mass is 363 g/mol. The number of nitrogens with zero attached hydrogens (tertiary/aromatic N) is 1. The molecule has 28 heavy (non-hydrogen) atoms. The number of pyridine rings is 1. The molecule has 0 N–H and O–H groups in total. The van der Waals surface area contributed by atoms with E-state index < -0.39 is 0 Å². The van der Waals surface area contributed by atoms with Gasteiger partial charge >= 0.3 is 0 Å². The molecule has 0 spiro atoms. The van der Waals surface area contributed by atoms with Crippen molar-refractivity contribution in [2.75, 3.05) is 0 Å². The largest absolute Gasteiger partial charge is 0.256 e. The summed E-state index contributed by atoms with van der Waals surface area (Å²) in [5.41, 5.74) is 6.29. The van der Waals surface area contributed by atoms with Crippen LogP contribution in [0.2, 0.25) is 0 Å². The summed E-state index contributed by atoms with van der Waals surface area (Å²) in [4.78, 5) is 4.64. The summed E-state index contributed by atoms with van der Waals surface area (Å²) in [6, 6.07) is 28.6. The second kappa shape index (κ2) is 7.59. The van der Waals surface area contributed by atoms with Gasteiger partial charge in [-0.25, -0.2) is 0 Å². The van der Waals surface area contributed by atoms with Crippen LogP contribution in [0.5, 0.6) is 0 Å². The third-order valence-electron chi connectivity index (χ3n) is 6.13. The molecule has 1 aromatic heterocycles. The third-order valence-corrected chi connectivity index (χ3v) is 6.13. The molecule has 138 valence electrons. The smallest absolute Gasteiger partial charge is 0.0780 e. The van der Waals surface area contributed by atoms with Crippen molar-refractivity contribution < 1.29 is 0 Å². The summed E-state index contributed by atoms with van der Waals surface area (Å²) in [5, 5.41) is 2.44. The fraction of sp³-hybridized carbons (Fsp3) is 0.222. The molecule has 0 atom stereocenters. The summed E-state index contributed by atoms with van der Waals surface area (Å²) < 4.78 is 0. The van der Waals surface area contributed by atoms with Crippen LogP contribution in [0.4, 0.5) is 0 Å². The van der Waals surface area contributed by atoms with Gasteiger partial charge < -0.3 is 0 Å². The molecule has 0 radical (unpaired) electrons. The van der Waals surface area contributed by atoms with Gasteiger partial charge in [0.05, 0.1) is 5.69 Å². The topological polar surface area (TPSA) is 12.9 Å². The zero-order valence-electron chi connectivity index (χ0n) is 16.1. The average Bonchev–Trinajstić information content (AvgIpc) is 2.79. The van der Waals surface area contributed by atoms with Gasteiger partial charge in [0.15, 0.2) is 0 Å². The van der Waals surface area contributed by atoms with E-state index in [4.69, 9.17) is 0 Å². The summed E-state index contributed by atoms with van der Waals surface area (Å²) in [6.45, 7) is 0. The van der Waals surface area contributed by atoms with Crippen molar-refractivity contribution in [2.45, 2.75) is 38.0 Å². The van der Waals surface area contributed by atoms with Gasteiger partial charge in [-0.2, -0.15) is 0 Å². The van der Waals surface area contributed by atoms with Crippen LogP contribution in [-0.4, -0.2) is 4.98 Å². The first-order valence-corrected chi connectivity index (χ1v) is 10.4. The molecule has 1 fully saturated rings. The molecule has 1 saturated carbocycles. The Balaban J connectivity index is 1.48. The highest BCUT2D eigenvalue weighted by molar-refractivity contribution is 5.96. The van der Waals surface area contributed by atoms with E-state index in [9.17, 15) is 0 Å². The fourth-order valence-corrected chi connectivity index (χ4v) is 4.57. The van der Waals surface area contributed by atoms with E-state index in [0.29, 0.717) is 0 Å². The Morgan fingerprint density at radius 3 is 2.18 bits per heavy atom. The SMILES string of the molecule is c1ccc(-c2nccc3cc(-c4ccc(C5CCCCC5)cc4)ccc23)cc1. The Kier molecular flexibility index (Phi) is 4.66. The Morgan fingerprint density at radius 2 is 1.39 bits per heavy atom. The normalized spacial score (nSPS) is 15.0. The number of benzene rings is 3. The van der Waals surface area contributed by atoms with Gasteiger partial charge in [0.1, 0.15) is 0 Å². The van der Waals surface area contributed by atoms with Crippen LogP contribution >= 0.6 is 0 Å². The molecule has 1 heterocycles. The molecule has 1 heteroatoms. The van der Waals surface area contributed by atoms with Gasteiger partial charge in [0.2, 0.25) is 0 Å². The summed E-state index contributed by atoms with van der Waals surface area (Å²) in [6.07, 6.45) is 8.80. The van der Waals surface area contributed by atoms with Crippen molar-refractivity contribution in [1.29, 1.82) is 0 Å². The summed E-state index contributed by atoms with van der Waals surface area (Å²) >= 11 is 0. The molecule has 0 aliphatic heterocycles. The lowest BCUT2D eigenvalue weighted by molar-refractivity contribution is 0.443. The molecule has 0 saturated heterocycles. The first-order chi connectivity index (χ1) is 13.9. The molecule has 1 nitrogen and oxygen atoms in total. The highest BCUT2D eigenvalue weighted by atomic mass is 14.7. The van der Waals surface area contributed by atoms with Gasteiger partial charge in [0.25, 0.3) is 0 Å². The average molecular weight is 364 g/mol. The maximum absolute atomic E-state index is 4.64. The number of rotatable bonds is 3. The Hall–Kier alpha value is -2.93. The zero-order valence-corrected chi connectivity index (χ0v) is 16.1. The molecule has 0 amide bonds. The van der Waals surface area contributed by atoms with Crippen LogP contribution in [-0.2, 0) is 0 Å². The maximum Gasteiger partial charge on any atom is 0.0780 e. The first kappa shape index (κ1) is 17.2. The lowest BCUT2D eigenvalue weighted by atomic mass is 9.83. The standard InChI is InChI=1S/C27H25N/c1-3-7-20(8-4-1)21-11-13-22(14-12-21)24-15-16-26-25(19-24)17-18-28-27(26)23-9-5-2-6-10-23/h2,5-6,9-20H,1,3-4,7-8H2. The van der Waals surface area contributed by atoms with Crippen molar-refractivity contribution in [3.63, 3.8) is 0 Å². The van der Waals surface area contributed by atoms with Crippen LogP contribution < -0.4 is 0 Å². The molecule has 1 aliphatic rings. The molecule has 3 aromatic carbocycles. The van der Waals surface area contributed by atoms with E-state index in [-0.39, 0.29) is 0 Å². The van der Waals surface area contributed by atoms with Crippen LogP contribution in [0, 0.1) is 0 Å². The number of fused-ring (bicyclic) bond motifs is 1. The van der Waals surface area contributed by atoms with E-state index in [2.05, 4.69) is 77.8 Å². The predicted octanol–water partition coefficient (Wildman–Crippen LogP) is 7.62. The minimum Gasteiger partial charge on any atom is -0.256 e. The molecular formula is C27H25N. The van der Waals surface area contributed by atoms with Crippen molar-refractivity contribution >= 4 is 10.8 Å². The zero-order chi connectivity index (χ0) is 18.8. The quantitative estimate of drug-likeness (QED) is 0.365. The van der Waals surface area contributed by atoms with Crippen molar-refractivity contribution in [3.8, 4) is 22.4 Å². The van der Waals surface area contributed by atoms with E-state index >= 15 is 0 Å². The van der Waals surface area contributed by atoms with Gasteiger partial charge in [-0.1, -0.05) is 86.0 Å². The first-order valence-electron chi connectivity index (χ1n) is 10.4. The van der Waals surface area contributed by atoms with Gasteiger partial charge in [-0.15, -0.1) is 0 Å². The number of hydrogen-bond acceptors (Lipinski definition) is 1. The van der Waals surface area contributed by atoms with Crippen molar-refractivity contribution in [2.24, 2.45) is 0 Å². The van der Waals surface area contributed by atoms with Gasteiger partial charge in [-0.3, -0.25) is 4.98 Å². The van der Waals surface area contributed by atoms with Crippen molar-refractivity contribution in [1.82, 2.24) is 4.98 Å². The molecule has 0 bridgehead atoms. The second-order valence-electron chi connectivity index (χ2n) is 7.92. The number of aromatic nitrogens is 1. The van der Waals surface area contributed by atoms with Crippen LogP contribution in [0.15, 0.2) is 85.1 Å². The molecule has 5 rings (SSSR count). The Morgan fingerprint density at radius 1 is 0.643 bits per heavy atom. The van der Waals surface area contributed by atoms with E-state index in [0.717, 1.165) is 17.2 Å². The lowest BCUT2D eigenvalue weighted by Crippen LogP contribution is -2.04. The summed E-state index contributed by atoms with van der Waals surface area (Å²) in [5.74, 6) is 0.763. The van der Waals surface area contributed by atoms with Crippen LogP contribution in [0.3, 0.4) is 0 Å². The molecule has 0 unspecified atom stereocenters. The molecule has 1 aliphatic carbocycles. The second-order valence-corrected chi connectivity index (χ2v) is 7.92. The van der Waals surface area contributed by atoms with E-state index in [1.165, 1.54) is 59.6 Å². The lowest BCUT2D eigenvalue weighted by Gasteiger charge is -2.22. The fourth-order valence-electron chi connectivity index (χ4n) is 4.57. The maximum atomic E-state index is 4.64. The van der Waals surface area contributed by atoms with Crippen LogP contribution in [0.25, 0.3) is 33.2 Å². The highest BCUT2D eigenvalue weighted by Crippen LogP contribution is 2.34. The van der Waals surface area contributed by atoms with E-state index in [1.807, 2.05) is 12.3 Å². The third kappa shape index (κ3) is 3.33.